The summed E-state index contributed by atoms with van der Waals surface area (Å²) in [6.07, 6.45) is 5.41. The first-order valence-corrected chi connectivity index (χ1v) is 4.98. The monoisotopic (exact) mass is 202 g/mol. The van der Waals surface area contributed by atoms with Crippen molar-refractivity contribution in [2.45, 2.75) is 19.5 Å². The molecular formula is C11H14N4. The maximum absolute atomic E-state index is 4.07. The highest BCUT2D eigenvalue weighted by Gasteiger charge is 2.04. The van der Waals surface area contributed by atoms with E-state index in [2.05, 4.69) is 33.5 Å². The van der Waals surface area contributed by atoms with Gasteiger partial charge in [-0.15, -0.1) is 0 Å². The van der Waals surface area contributed by atoms with E-state index in [0.717, 1.165) is 12.2 Å². The molecular weight excluding hydrogens is 188 g/mol. The Morgan fingerprint density at radius 1 is 1.40 bits per heavy atom. The van der Waals surface area contributed by atoms with Gasteiger partial charge in [0, 0.05) is 31.2 Å². The van der Waals surface area contributed by atoms with Crippen LogP contribution in [0.5, 0.6) is 0 Å². The van der Waals surface area contributed by atoms with E-state index in [0.29, 0.717) is 0 Å². The smallest absolute Gasteiger partial charge is 0.0518 e. The van der Waals surface area contributed by atoms with Crippen LogP contribution in [-0.2, 0) is 6.54 Å². The summed E-state index contributed by atoms with van der Waals surface area (Å²) in [6, 6.07) is 6.24. The van der Waals surface area contributed by atoms with E-state index in [1.807, 2.05) is 18.3 Å². The molecule has 0 saturated heterocycles. The second-order valence-corrected chi connectivity index (χ2v) is 3.48. The topological polar surface area (TPSA) is 53.6 Å². The van der Waals surface area contributed by atoms with Crippen molar-refractivity contribution < 1.29 is 0 Å². The summed E-state index contributed by atoms with van der Waals surface area (Å²) in [5.74, 6) is 0. The molecule has 0 aliphatic carbocycles. The Bertz CT molecular complexity index is 382. The Kier molecular flexibility index (Phi) is 3.09. The second-order valence-electron chi connectivity index (χ2n) is 3.48. The van der Waals surface area contributed by atoms with Gasteiger partial charge in [0.25, 0.3) is 0 Å². The van der Waals surface area contributed by atoms with E-state index in [4.69, 9.17) is 0 Å². The Hall–Kier alpha value is -1.68. The Balaban J connectivity index is 1.89. The lowest BCUT2D eigenvalue weighted by Crippen LogP contribution is -2.18. The number of H-pyrrole nitrogens is 1. The molecule has 15 heavy (non-hydrogen) atoms. The van der Waals surface area contributed by atoms with Gasteiger partial charge in [-0.25, -0.2) is 0 Å². The number of aromatic amines is 1. The van der Waals surface area contributed by atoms with Crippen LogP contribution in [0.3, 0.4) is 0 Å². The third kappa shape index (κ3) is 2.63. The summed E-state index contributed by atoms with van der Waals surface area (Å²) in [7, 11) is 0. The quantitative estimate of drug-likeness (QED) is 0.792. The van der Waals surface area contributed by atoms with Crippen molar-refractivity contribution in [3.05, 3.63) is 48.0 Å². The minimum atomic E-state index is 0.271. The van der Waals surface area contributed by atoms with Crippen LogP contribution in [0.4, 0.5) is 0 Å². The molecule has 0 spiro atoms. The van der Waals surface area contributed by atoms with Crippen LogP contribution in [-0.4, -0.2) is 15.2 Å². The average molecular weight is 202 g/mol. The number of hydrogen-bond donors (Lipinski definition) is 2. The fraction of sp³-hybridized carbons (Fsp3) is 0.273. The molecule has 0 fully saturated rings. The predicted octanol–water partition coefficient (Wildman–Crippen LogP) is 1.66. The van der Waals surface area contributed by atoms with Crippen LogP contribution in [0.15, 0.2) is 36.8 Å². The first-order valence-electron chi connectivity index (χ1n) is 4.98. The van der Waals surface area contributed by atoms with Gasteiger partial charge in [0.2, 0.25) is 0 Å². The summed E-state index contributed by atoms with van der Waals surface area (Å²) in [5.41, 5.74) is 2.28. The maximum atomic E-state index is 4.07. The van der Waals surface area contributed by atoms with Crippen molar-refractivity contribution in [1.82, 2.24) is 20.5 Å². The fourth-order valence-corrected chi connectivity index (χ4v) is 1.39. The highest BCUT2D eigenvalue weighted by atomic mass is 15.1. The molecule has 78 valence electrons. The Labute approximate surface area is 88.8 Å². The van der Waals surface area contributed by atoms with E-state index >= 15 is 0 Å². The molecule has 4 heteroatoms. The van der Waals surface area contributed by atoms with Gasteiger partial charge in [-0.1, -0.05) is 6.07 Å². The van der Waals surface area contributed by atoms with Crippen molar-refractivity contribution in [2.75, 3.05) is 0 Å². The first-order chi connectivity index (χ1) is 7.36. The van der Waals surface area contributed by atoms with Gasteiger partial charge in [-0.05, 0) is 24.6 Å². The van der Waals surface area contributed by atoms with E-state index in [9.17, 15) is 0 Å². The van der Waals surface area contributed by atoms with Crippen molar-refractivity contribution in [2.24, 2.45) is 0 Å². The molecule has 4 nitrogen and oxygen atoms in total. The van der Waals surface area contributed by atoms with E-state index in [-0.39, 0.29) is 6.04 Å². The zero-order valence-electron chi connectivity index (χ0n) is 8.64. The summed E-state index contributed by atoms with van der Waals surface area (Å²) >= 11 is 0. The SMILES string of the molecule is CC(NCc1cccnc1)c1ccn[nH]1. The molecule has 2 aromatic rings. The lowest BCUT2D eigenvalue weighted by molar-refractivity contribution is 0.559. The molecule has 0 aliphatic heterocycles. The van der Waals surface area contributed by atoms with Gasteiger partial charge < -0.3 is 5.32 Å². The summed E-state index contributed by atoms with van der Waals surface area (Å²) < 4.78 is 0. The number of pyridine rings is 1. The lowest BCUT2D eigenvalue weighted by Gasteiger charge is -2.11. The van der Waals surface area contributed by atoms with Crippen molar-refractivity contribution in [1.29, 1.82) is 0 Å². The van der Waals surface area contributed by atoms with Gasteiger partial charge >= 0.3 is 0 Å². The molecule has 0 aliphatic rings. The standard InChI is InChI=1S/C11H14N4/c1-9(11-4-6-14-15-11)13-8-10-3-2-5-12-7-10/h2-7,9,13H,8H2,1H3,(H,14,15). The van der Waals surface area contributed by atoms with Gasteiger partial charge in [0.05, 0.1) is 5.69 Å². The van der Waals surface area contributed by atoms with Gasteiger partial charge in [-0.3, -0.25) is 10.1 Å². The number of aromatic nitrogens is 3. The van der Waals surface area contributed by atoms with Crippen molar-refractivity contribution in [3.63, 3.8) is 0 Å². The third-order valence-electron chi connectivity index (χ3n) is 2.32. The van der Waals surface area contributed by atoms with E-state index < -0.39 is 0 Å². The maximum Gasteiger partial charge on any atom is 0.0518 e. The molecule has 2 aromatic heterocycles. The average Bonchev–Trinajstić information content (AvgIpc) is 2.81. The second kappa shape index (κ2) is 4.70. The van der Waals surface area contributed by atoms with Gasteiger partial charge in [-0.2, -0.15) is 5.10 Å². The highest BCUT2D eigenvalue weighted by Crippen LogP contribution is 2.08. The number of hydrogen-bond acceptors (Lipinski definition) is 3. The van der Waals surface area contributed by atoms with Gasteiger partial charge in [0.15, 0.2) is 0 Å². The normalized spacial score (nSPS) is 12.6. The number of nitrogens with zero attached hydrogens (tertiary/aromatic N) is 2. The summed E-state index contributed by atoms with van der Waals surface area (Å²) in [5, 5.41) is 10.3. The Morgan fingerprint density at radius 2 is 2.33 bits per heavy atom. The van der Waals surface area contributed by atoms with E-state index in [1.165, 1.54) is 5.56 Å². The van der Waals surface area contributed by atoms with Crippen LogP contribution in [0.25, 0.3) is 0 Å². The molecule has 0 aromatic carbocycles. The largest absolute Gasteiger partial charge is 0.305 e. The van der Waals surface area contributed by atoms with Crippen molar-refractivity contribution >= 4 is 0 Å². The van der Waals surface area contributed by atoms with Gasteiger partial charge in [0.1, 0.15) is 0 Å². The van der Waals surface area contributed by atoms with Crippen LogP contribution in [0.1, 0.15) is 24.2 Å². The molecule has 2 rings (SSSR count). The third-order valence-corrected chi connectivity index (χ3v) is 2.32. The molecule has 0 bridgehead atoms. The van der Waals surface area contributed by atoms with Crippen LogP contribution < -0.4 is 5.32 Å². The molecule has 1 unspecified atom stereocenters. The lowest BCUT2D eigenvalue weighted by atomic mass is 10.2. The fourth-order valence-electron chi connectivity index (χ4n) is 1.39. The van der Waals surface area contributed by atoms with Crippen molar-refractivity contribution in [3.8, 4) is 0 Å². The first kappa shape index (κ1) is 9.86. The number of rotatable bonds is 4. The number of nitrogens with one attached hydrogen (secondary N) is 2. The summed E-state index contributed by atoms with van der Waals surface area (Å²) in [4.78, 5) is 4.07. The van der Waals surface area contributed by atoms with Crippen LogP contribution in [0.2, 0.25) is 0 Å². The molecule has 0 radical (unpaired) electrons. The molecule has 0 saturated carbocycles. The molecule has 1 atom stereocenters. The zero-order valence-corrected chi connectivity index (χ0v) is 8.64. The van der Waals surface area contributed by atoms with E-state index in [1.54, 1.807) is 12.4 Å². The van der Waals surface area contributed by atoms with Crippen LogP contribution in [0, 0.1) is 0 Å². The highest BCUT2D eigenvalue weighted by molar-refractivity contribution is 5.09. The van der Waals surface area contributed by atoms with Crippen LogP contribution >= 0.6 is 0 Å². The summed E-state index contributed by atoms with van der Waals surface area (Å²) in [6.45, 7) is 2.91. The molecule has 2 N–H and O–H groups in total. The Morgan fingerprint density at radius 3 is 3.00 bits per heavy atom. The minimum absolute atomic E-state index is 0.271. The molecule has 2 heterocycles. The molecule has 0 amide bonds. The zero-order chi connectivity index (χ0) is 10.5. The predicted molar refractivity (Wildman–Crippen MR) is 58.1 cm³/mol. The minimum Gasteiger partial charge on any atom is -0.305 e.